The molecule has 0 aromatic carbocycles. The highest BCUT2D eigenvalue weighted by Crippen LogP contribution is 2.17. The monoisotopic (exact) mass is 302 g/mol. The Labute approximate surface area is 124 Å². The van der Waals surface area contributed by atoms with E-state index in [4.69, 9.17) is 11.6 Å². The van der Waals surface area contributed by atoms with Crippen LogP contribution in [0.4, 0.5) is 5.69 Å². The highest BCUT2D eigenvalue weighted by atomic mass is 35.5. The van der Waals surface area contributed by atoms with Crippen LogP contribution in [0.3, 0.4) is 0 Å². The molecule has 1 atom stereocenters. The van der Waals surface area contributed by atoms with Crippen LogP contribution in [-0.4, -0.2) is 52.6 Å². The van der Waals surface area contributed by atoms with Gasteiger partial charge >= 0.3 is 0 Å². The van der Waals surface area contributed by atoms with Crippen LogP contribution in [0.2, 0.25) is 5.02 Å². The number of likely N-dealkylation sites (N-methyl/N-ethyl adjacent to an activating group) is 1. The molecular formula is C13H23ClN4O2. The Balaban J connectivity index is 2.85. The first kappa shape index (κ1) is 16.9. The van der Waals surface area contributed by atoms with Crippen LogP contribution in [0.15, 0.2) is 11.0 Å². The Hall–Kier alpha value is -1.11. The van der Waals surface area contributed by atoms with Gasteiger partial charge in [0.15, 0.2) is 0 Å². The van der Waals surface area contributed by atoms with E-state index in [1.54, 1.807) is 6.92 Å². The third-order valence-corrected chi connectivity index (χ3v) is 3.11. The molecule has 7 heteroatoms. The molecule has 0 aliphatic carbocycles. The van der Waals surface area contributed by atoms with Crippen molar-refractivity contribution in [3.63, 3.8) is 0 Å². The average Bonchev–Trinajstić information content (AvgIpc) is 2.29. The third-order valence-electron chi connectivity index (χ3n) is 2.75. The van der Waals surface area contributed by atoms with Crippen molar-refractivity contribution >= 4 is 17.3 Å². The number of halogens is 1. The second-order valence-electron chi connectivity index (χ2n) is 5.80. The Bertz CT molecular complexity index is 512. The molecule has 6 nitrogen and oxygen atoms in total. The number of rotatable bonds is 6. The molecule has 0 amide bonds. The van der Waals surface area contributed by atoms with E-state index in [9.17, 15) is 9.90 Å². The Morgan fingerprint density at radius 3 is 2.65 bits per heavy atom. The zero-order valence-corrected chi connectivity index (χ0v) is 13.4. The number of hydrogen-bond donors (Lipinski definition) is 2. The predicted molar refractivity (Wildman–Crippen MR) is 81.6 cm³/mol. The van der Waals surface area contributed by atoms with Gasteiger partial charge in [0.1, 0.15) is 5.02 Å². The highest BCUT2D eigenvalue weighted by molar-refractivity contribution is 6.32. The maximum Gasteiger partial charge on any atom is 0.287 e. The van der Waals surface area contributed by atoms with E-state index >= 15 is 0 Å². The molecule has 0 saturated heterocycles. The van der Waals surface area contributed by atoms with E-state index in [0.717, 1.165) is 0 Å². The van der Waals surface area contributed by atoms with Crippen molar-refractivity contribution in [3.05, 3.63) is 21.6 Å². The topological polar surface area (TPSA) is 70.4 Å². The van der Waals surface area contributed by atoms with Crippen molar-refractivity contribution in [2.24, 2.45) is 0 Å². The summed E-state index contributed by atoms with van der Waals surface area (Å²) in [6.45, 7) is 6.21. The van der Waals surface area contributed by atoms with Crippen molar-refractivity contribution in [2.45, 2.75) is 32.4 Å². The van der Waals surface area contributed by atoms with Gasteiger partial charge in [-0.25, -0.2) is 4.68 Å². The molecule has 1 aromatic heterocycles. The predicted octanol–water partition coefficient (Wildman–Crippen LogP) is 1.20. The fourth-order valence-electron chi connectivity index (χ4n) is 1.96. The van der Waals surface area contributed by atoms with Gasteiger partial charge in [0.05, 0.1) is 23.5 Å². The quantitative estimate of drug-likeness (QED) is 0.826. The summed E-state index contributed by atoms with van der Waals surface area (Å²) >= 11 is 6.05. The molecule has 0 saturated carbocycles. The summed E-state index contributed by atoms with van der Waals surface area (Å²) in [6.07, 6.45) is 1.51. The first-order chi connectivity index (χ1) is 9.14. The van der Waals surface area contributed by atoms with Crippen molar-refractivity contribution in [1.29, 1.82) is 0 Å². The number of nitrogens with one attached hydrogen (secondary N) is 1. The third kappa shape index (κ3) is 4.47. The van der Waals surface area contributed by atoms with Gasteiger partial charge in [-0.1, -0.05) is 11.6 Å². The number of aliphatic hydroxyl groups is 1. The van der Waals surface area contributed by atoms with Gasteiger partial charge in [-0.05, 0) is 34.9 Å². The standard InChI is InChI=1S/C13H23ClN4O2/c1-9(2)18-12(19)11(14)10(6-16-18)15-7-13(3,20)8-17(4)5/h6,9,15,20H,7-8H2,1-5H3. The minimum absolute atomic E-state index is 0.0501. The van der Waals surface area contributed by atoms with Crippen LogP contribution in [0.1, 0.15) is 26.8 Å². The minimum atomic E-state index is -0.931. The summed E-state index contributed by atoms with van der Waals surface area (Å²) in [7, 11) is 3.76. The number of nitrogens with zero attached hydrogens (tertiary/aromatic N) is 3. The summed E-state index contributed by atoms with van der Waals surface area (Å²) in [5, 5.41) is 17.3. The van der Waals surface area contributed by atoms with Crippen LogP contribution in [0.5, 0.6) is 0 Å². The number of hydrogen-bond acceptors (Lipinski definition) is 5. The molecule has 2 N–H and O–H groups in total. The van der Waals surface area contributed by atoms with E-state index in [1.165, 1.54) is 10.9 Å². The van der Waals surface area contributed by atoms with Crippen LogP contribution < -0.4 is 10.9 Å². The van der Waals surface area contributed by atoms with Crippen molar-refractivity contribution in [1.82, 2.24) is 14.7 Å². The highest BCUT2D eigenvalue weighted by Gasteiger charge is 2.22. The maximum absolute atomic E-state index is 12.0. The lowest BCUT2D eigenvalue weighted by atomic mass is 10.1. The van der Waals surface area contributed by atoms with Gasteiger partial charge in [-0.2, -0.15) is 5.10 Å². The minimum Gasteiger partial charge on any atom is -0.387 e. The summed E-state index contributed by atoms with van der Waals surface area (Å²) in [6, 6.07) is -0.0501. The van der Waals surface area contributed by atoms with Crippen molar-refractivity contribution in [3.8, 4) is 0 Å². The Morgan fingerprint density at radius 1 is 1.55 bits per heavy atom. The van der Waals surface area contributed by atoms with Crippen molar-refractivity contribution < 1.29 is 5.11 Å². The molecule has 0 aliphatic heterocycles. The fraction of sp³-hybridized carbons (Fsp3) is 0.692. The molecule has 1 heterocycles. The summed E-state index contributed by atoms with van der Waals surface area (Å²) in [4.78, 5) is 13.9. The second kappa shape index (κ2) is 6.56. The molecule has 0 radical (unpaired) electrons. The van der Waals surface area contributed by atoms with E-state index in [2.05, 4.69) is 10.4 Å². The lowest BCUT2D eigenvalue weighted by molar-refractivity contribution is 0.0460. The van der Waals surface area contributed by atoms with E-state index in [0.29, 0.717) is 12.2 Å². The van der Waals surface area contributed by atoms with Crippen LogP contribution in [-0.2, 0) is 0 Å². The molecule has 1 unspecified atom stereocenters. The molecule has 1 rings (SSSR count). The molecule has 0 fully saturated rings. The van der Waals surface area contributed by atoms with Gasteiger partial charge in [0.25, 0.3) is 5.56 Å². The normalized spacial score (nSPS) is 14.7. The van der Waals surface area contributed by atoms with E-state index in [-0.39, 0.29) is 23.2 Å². The number of anilines is 1. The second-order valence-corrected chi connectivity index (χ2v) is 6.18. The average molecular weight is 303 g/mol. The molecule has 20 heavy (non-hydrogen) atoms. The SMILES string of the molecule is CC(C)n1ncc(NCC(C)(O)CN(C)C)c(Cl)c1=O. The molecule has 0 spiro atoms. The Morgan fingerprint density at radius 2 is 2.15 bits per heavy atom. The van der Waals surface area contributed by atoms with Gasteiger partial charge in [-0.15, -0.1) is 0 Å². The zero-order chi connectivity index (χ0) is 15.5. The van der Waals surface area contributed by atoms with Gasteiger partial charge in [0, 0.05) is 13.1 Å². The van der Waals surface area contributed by atoms with E-state index in [1.807, 2.05) is 32.8 Å². The maximum atomic E-state index is 12.0. The van der Waals surface area contributed by atoms with Crippen LogP contribution >= 0.6 is 11.6 Å². The first-order valence-corrected chi connectivity index (χ1v) is 6.90. The summed E-state index contributed by atoms with van der Waals surface area (Å²) in [5.41, 5.74) is -0.828. The lowest BCUT2D eigenvalue weighted by Crippen LogP contribution is -2.43. The largest absolute Gasteiger partial charge is 0.387 e. The van der Waals surface area contributed by atoms with Crippen molar-refractivity contribution in [2.75, 3.05) is 32.5 Å². The number of aromatic nitrogens is 2. The van der Waals surface area contributed by atoms with Gasteiger partial charge in [-0.3, -0.25) is 4.79 Å². The van der Waals surface area contributed by atoms with Gasteiger partial charge < -0.3 is 15.3 Å². The first-order valence-electron chi connectivity index (χ1n) is 6.52. The van der Waals surface area contributed by atoms with Gasteiger partial charge in [0.2, 0.25) is 0 Å². The van der Waals surface area contributed by atoms with Crippen LogP contribution in [0.25, 0.3) is 0 Å². The zero-order valence-electron chi connectivity index (χ0n) is 12.6. The van der Waals surface area contributed by atoms with E-state index < -0.39 is 5.60 Å². The molecule has 114 valence electrons. The Kier molecular flexibility index (Phi) is 5.56. The fourth-order valence-corrected chi connectivity index (χ4v) is 2.16. The lowest BCUT2D eigenvalue weighted by Gasteiger charge is -2.27. The molecular weight excluding hydrogens is 280 g/mol. The summed E-state index contributed by atoms with van der Waals surface area (Å²) in [5.74, 6) is 0. The molecule has 0 bridgehead atoms. The molecule has 1 aromatic rings. The molecule has 0 aliphatic rings. The smallest absolute Gasteiger partial charge is 0.287 e. The summed E-state index contributed by atoms with van der Waals surface area (Å²) < 4.78 is 1.32. The van der Waals surface area contributed by atoms with Crippen LogP contribution in [0, 0.1) is 0 Å².